The van der Waals surface area contributed by atoms with E-state index in [9.17, 15) is 19.8 Å². The molecule has 0 atom stereocenters. The predicted molar refractivity (Wildman–Crippen MR) is 145 cm³/mol. The van der Waals surface area contributed by atoms with Crippen LogP contribution < -0.4 is 89.4 Å². The normalized spacial score (nSPS) is 11.1. The molecule has 0 fully saturated rings. The maximum atomic E-state index is 12.5. The standard InChI is InChI=1S/C28H26Cl2N2O6.2Na/c1-15-9-21(25(37-3)11-19(15)29)31-27(35)13-23(33)17-5-7-18(8-6-17)24(34)14-28(36)32-22-10-16(2)20(30)12-26(22)38-4;;/h5-14,33-34H,1-4H3,(H,31,35)(H,32,36);;/q;2*+1/p-2/b23-13-,24-14-;;. The van der Waals surface area contributed by atoms with Gasteiger partial charge in [-0.15, -0.1) is 0 Å². The number of amides is 2. The van der Waals surface area contributed by atoms with Crippen molar-refractivity contribution < 1.29 is 88.4 Å². The third-order valence-corrected chi connectivity index (χ3v) is 6.27. The van der Waals surface area contributed by atoms with Gasteiger partial charge in [-0.05, 0) is 60.4 Å². The van der Waals surface area contributed by atoms with E-state index in [1.54, 1.807) is 38.1 Å². The summed E-state index contributed by atoms with van der Waals surface area (Å²) in [4.78, 5) is 24.8. The number of aryl methyl sites for hydroxylation is 2. The van der Waals surface area contributed by atoms with Crippen LogP contribution in [0.3, 0.4) is 0 Å². The van der Waals surface area contributed by atoms with Crippen molar-refractivity contribution in [3.05, 3.63) is 93.0 Å². The fraction of sp³-hybridized carbons (Fsp3) is 0.143. The van der Waals surface area contributed by atoms with Gasteiger partial charge < -0.3 is 30.3 Å². The number of carbonyl (C=O) groups is 2. The van der Waals surface area contributed by atoms with Crippen molar-refractivity contribution in [3.8, 4) is 11.5 Å². The Balaban J connectivity index is 0.00000400. The minimum atomic E-state index is -0.659. The Labute approximate surface area is 286 Å². The molecule has 0 saturated heterocycles. The zero-order valence-corrected chi connectivity index (χ0v) is 28.5. The number of carbonyl (C=O) groups excluding carboxylic acids is 2. The van der Waals surface area contributed by atoms with Gasteiger partial charge in [-0.2, -0.15) is 0 Å². The molecule has 198 valence electrons. The molecule has 0 bridgehead atoms. The third-order valence-electron chi connectivity index (χ3n) is 5.46. The van der Waals surface area contributed by atoms with Crippen molar-refractivity contribution in [2.24, 2.45) is 0 Å². The van der Waals surface area contributed by atoms with Crippen LogP contribution in [0.25, 0.3) is 11.5 Å². The van der Waals surface area contributed by atoms with Crippen molar-refractivity contribution in [3.63, 3.8) is 0 Å². The average Bonchev–Trinajstić information content (AvgIpc) is 2.87. The van der Waals surface area contributed by atoms with Gasteiger partial charge in [0.1, 0.15) is 11.5 Å². The molecule has 0 spiro atoms. The number of halogens is 2. The summed E-state index contributed by atoms with van der Waals surface area (Å²) in [6, 6.07) is 12.0. The van der Waals surface area contributed by atoms with Crippen molar-refractivity contribution in [1.82, 2.24) is 0 Å². The Morgan fingerprint density at radius 1 is 0.700 bits per heavy atom. The summed E-state index contributed by atoms with van der Waals surface area (Å²) in [5.41, 5.74) is 2.54. The van der Waals surface area contributed by atoms with Crippen LogP contribution in [0.5, 0.6) is 11.5 Å². The van der Waals surface area contributed by atoms with Gasteiger partial charge in [0.05, 0.1) is 25.6 Å². The molecule has 3 rings (SSSR count). The first kappa shape index (κ1) is 35.9. The smallest absolute Gasteiger partial charge is 0.872 e. The van der Waals surface area contributed by atoms with E-state index in [2.05, 4.69) is 10.6 Å². The molecule has 0 heterocycles. The van der Waals surface area contributed by atoms with Gasteiger partial charge in [-0.3, -0.25) is 9.59 Å². The Hall–Kier alpha value is -2.14. The Morgan fingerprint density at radius 3 is 1.32 bits per heavy atom. The zero-order valence-electron chi connectivity index (χ0n) is 23.0. The van der Waals surface area contributed by atoms with Crippen LogP contribution >= 0.6 is 23.2 Å². The Kier molecular flexibility index (Phi) is 14.7. The first-order chi connectivity index (χ1) is 18.0. The number of benzene rings is 3. The molecule has 2 N–H and O–H groups in total. The molecule has 0 aliphatic rings. The summed E-state index contributed by atoms with van der Waals surface area (Å²) in [6.45, 7) is 3.54. The fourth-order valence-electron chi connectivity index (χ4n) is 3.40. The monoisotopic (exact) mass is 600 g/mol. The summed E-state index contributed by atoms with van der Waals surface area (Å²) in [6.07, 6.45) is 1.78. The number of hydrogen-bond donors (Lipinski definition) is 2. The van der Waals surface area contributed by atoms with Gasteiger partial charge in [0.15, 0.2) is 0 Å². The summed E-state index contributed by atoms with van der Waals surface area (Å²) >= 11 is 12.2. The summed E-state index contributed by atoms with van der Waals surface area (Å²) in [5.74, 6) is -1.76. The van der Waals surface area contributed by atoms with Gasteiger partial charge in [0.2, 0.25) is 11.8 Å². The van der Waals surface area contributed by atoms with Crippen LogP contribution in [-0.4, -0.2) is 26.0 Å². The van der Waals surface area contributed by atoms with Crippen LogP contribution in [0.4, 0.5) is 11.4 Å². The third kappa shape index (κ3) is 9.46. The maximum absolute atomic E-state index is 12.5. The van der Waals surface area contributed by atoms with Crippen LogP contribution in [0.2, 0.25) is 10.0 Å². The predicted octanol–water partition coefficient (Wildman–Crippen LogP) is -1.68. The molecule has 0 aliphatic heterocycles. The Bertz CT molecular complexity index is 1340. The maximum Gasteiger partial charge on any atom is 1.00 e. The second-order valence-electron chi connectivity index (χ2n) is 8.18. The fourth-order valence-corrected chi connectivity index (χ4v) is 3.71. The quantitative estimate of drug-likeness (QED) is 0.181. The summed E-state index contributed by atoms with van der Waals surface area (Å²) < 4.78 is 10.4. The number of anilines is 2. The van der Waals surface area contributed by atoms with Crippen molar-refractivity contribution in [1.29, 1.82) is 0 Å². The first-order valence-corrected chi connectivity index (χ1v) is 12.0. The van der Waals surface area contributed by atoms with Crippen LogP contribution in [0.15, 0.2) is 60.7 Å². The minimum Gasteiger partial charge on any atom is -0.872 e. The SMILES string of the molecule is COc1cc(Cl)c(C)cc1NC(=O)/C=C(\[O-])c1ccc(/C([O-])=C/C(=O)Nc2cc(C)c(Cl)cc2OC)cc1.[Na+].[Na+]. The number of hydrogen-bond acceptors (Lipinski definition) is 6. The van der Waals surface area contributed by atoms with Crippen molar-refractivity contribution in [2.45, 2.75) is 13.8 Å². The summed E-state index contributed by atoms with van der Waals surface area (Å²) in [7, 11) is 2.87. The number of methoxy groups -OCH3 is 2. The molecule has 0 unspecified atom stereocenters. The number of ether oxygens (including phenoxy) is 2. The molecule has 0 saturated carbocycles. The van der Waals surface area contributed by atoms with E-state index < -0.39 is 23.3 Å². The van der Waals surface area contributed by atoms with Crippen LogP contribution in [0.1, 0.15) is 22.3 Å². The molecular formula is C28H24Cl2N2Na2O6. The first-order valence-electron chi connectivity index (χ1n) is 11.2. The van der Waals surface area contributed by atoms with E-state index in [0.29, 0.717) is 32.9 Å². The zero-order chi connectivity index (χ0) is 28.0. The molecule has 8 nitrogen and oxygen atoms in total. The Morgan fingerprint density at radius 2 is 1.02 bits per heavy atom. The van der Waals surface area contributed by atoms with Crippen molar-refractivity contribution >= 4 is 57.9 Å². The molecule has 0 radical (unpaired) electrons. The van der Waals surface area contributed by atoms with Crippen molar-refractivity contribution in [2.75, 3.05) is 24.9 Å². The second kappa shape index (κ2) is 16.3. The molecule has 3 aromatic rings. The summed E-state index contributed by atoms with van der Waals surface area (Å²) in [5, 5.41) is 31.2. The van der Waals surface area contributed by atoms with Crippen LogP contribution in [0, 0.1) is 13.8 Å². The molecule has 12 heteroatoms. The van der Waals surface area contributed by atoms with Gasteiger partial charge >= 0.3 is 59.1 Å². The van der Waals surface area contributed by atoms with E-state index in [1.807, 2.05) is 0 Å². The van der Waals surface area contributed by atoms with Gasteiger partial charge in [-0.1, -0.05) is 59.0 Å². The number of nitrogens with one attached hydrogen (secondary N) is 2. The average molecular weight is 601 g/mol. The molecule has 3 aromatic carbocycles. The minimum absolute atomic E-state index is 0. The van der Waals surface area contributed by atoms with E-state index in [0.717, 1.165) is 23.3 Å². The largest absolute Gasteiger partial charge is 1.00 e. The number of rotatable bonds is 8. The van der Waals surface area contributed by atoms with Crippen LogP contribution in [-0.2, 0) is 9.59 Å². The molecular weight excluding hydrogens is 577 g/mol. The van der Waals surface area contributed by atoms with E-state index >= 15 is 0 Å². The van der Waals surface area contributed by atoms with E-state index in [-0.39, 0.29) is 70.2 Å². The molecule has 0 aromatic heterocycles. The molecule has 40 heavy (non-hydrogen) atoms. The van der Waals surface area contributed by atoms with Gasteiger partial charge in [-0.25, -0.2) is 0 Å². The van der Waals surface area contributed by atoms with Gasteiger partial charge in [0, 0.05) is 22.2 Å². The van der Waals surface area contributed by atoms with E-state index in [1.165, 1.54) is 38.5 Å². The second-order valence-corrected chi connectivity index (χ2v) is 8.99. The topological polar surface area (TPSA) is 123 Å². The van der Waals surface area contributed by atoms with E-state index in [4.69, 9.17) is 32.7 Å². The molecule has 0 aliphatic carbocycles. The van der Waals surface area contributed by atoms with Gasteiger partial charge in [0.25, 0.3) is 0 Å². The molecule has 2 amide bonds.